The van der Waals surface area contributed by atoms with Crippen LogP contribution in [0.15, 0.2) is 36.4 Å². The van der Waals surface area contributed by atoms with E-state index in [2.05, 4.69) is 18.1 Å². The summed E-state index contributed by atoms with van der Waals surface area (Å²) in [7, 11) is 1.82. The van der Waals surface area contributed by atoms with Crippen LogP contribution in [-0.4, -0.2) is 23.1 Å². The minimum Gasteiger partial charge on any atom is -0.489 e. The van der Waals surface area contributed by atoms with Gasteiger partial charge in [0.2, 0.25) is 0 Å². The van der Waals surface area contributed by atoms with Crippen LogP contribution in [0.5, 0.6) is 5.75 Å². The second-order valence-electron chi connectivity index (χ2n) is 7.04. The lowest BCUT2D eigenvalue weighted by Crippen LogP contribution is -2.26. The van der Waals surface area contributed by atoms with Crippen molar-refractivity contribution in [3.8, 4) is 11.4 Å². The number of nitrogens with zero attached hydrogens (tertiary/aromatic N) is 3. The van der Waals surface area contributed by atoms with Gasteiger partial charge in [0.15, 0.2) is 6.29 Å². The zero-order chi connectivity index (χ0) is 20.4. The largest absolute Gasteiger partial charge is 0.489 e. The number of nitrogens with two attached hydrogens (primary N) is 1. The Bertz CT molecular complexity index is 1020. The summed E-state index contributed by atoms with van der Waals surface area (Å²) in [5.74, 6) is 6.75. The van der Waals surface area contributed by atoms with E-state index in [0.29, 0.717) is 12.2 Å². The maximum atomic E-state index is 11.3. The summed E-state index contributed by atoms with van der Waals surface area (Å²) in [6.45, 7) is 8.21. The molecule has 0 atom stereocenters. The maximum absolute atomic E-state index is 11.3. The number of hydrogen-bond donors (Lipinski definition) is 1. The van der Waals surface area contributed by atoms with Gasteiger partial charge in [0.05, 0.1) is 28.3 Å². The SMILES string of the molecule is Cc1cc(-n2nc(C)c(C=O)c2C)ccc1OCc1c(C)cccc1N(C)N. The van der Waals surface area contributed by atoms with Crippen LogP contribution >= 0.6 is 0 Å². The smallest absolute Gasteiger partial charge is 0.153 e. The lowest BCUT2D eigenvalue weighted by Gasteiger charge is -2.20. The molecule has 3 rings (SSSR count). The van der Waals surface area contributed by atoms with E-state index in [1.54, 1.807) is 9.69 Å². The van der Waals surface area contributed by atoms with Gasteiger partial charge in [-0.15, -0.1) is 0 Å². The van der Waals surface area contributed by atoms with Crippen LogP contribution in [0, 0.1) is 27.7 Å². The number of anilines is 1. The van der Waals surface area contributed by atoms with E-state index in [4.69, 9.17) is 10.6 Å². The number of carbonyl (C=O) groups is 1. The van der Waals surface area contributed by atoms with Gasteiger partial charge in [-0.25, -0.2) is 10.5 Å². The Hall–Kier alpha value is -3.12. The topological polar surface area (TPSA) is 73.4 Å². The zero-order valence-corrected chi connectivity index (χ0v) is 17.0. The Labute approximate surface area is 165 Å². The van der Waals surface area contributed by atoms with Crippen LogP contribution < -0.4 is 15.6 Å². The summed E-state index contributed by atoms with van der Waals surface area (Å²) >= 11 is 0. The Morgan fingerprint density at radius 3 is 2.50 bits per heavy atom. The van der Waals surface area contributed by atoms with Crippen molar-refractivity contribution in [3.05, 3.63) is 70.0 Å². The molecule has 0 radical (unpaired) electrons. The van der Waals surface area contributed by atoms with Gasteiger partial charge >= 0.3 is 0 Å². The van der Waals surface area contributed by atoms with Gasteiger partial charge < -0.3 is 9.75 Å². The number of ether oxygens (including phenoxy) is 1. The van der Waals surface area contributed by atoms with Crippen LogP contribution in [0.25, 0.3) is 5.69 Å². The first-order valence-electron chi connectivity index (χ1n) is 9.15. The van der Waals surface area contributed by atoms with Crippen molar-refractivity contribution < 1.29 is 9.53 Å². The third-order valence-corrected chi connectivity index (χ3v) is 5.01. The summed E-state index contributed by atoms with van der Waals surface area (Å²) < 4.78 is 7.89. The van der Waals surface area contributed by atoms with Gasteiger partial charge in [-0.2, -0.15) is 5.10 Å². The Kier molecular flexibility index (Phi) is 5.51. The molecule has 1 heterocycles. The van der Waals surface area contributed by atoms with Gasteiger partial charge in [0, 0.05) is 12.6 Å². The molecule has 2 aromatic carbocycles. The number of aldehydes is 1. The third kappa shape index (κ3) is 3.64. The average molecular weight is 378 g/mol. The fourth-order valence-corrected chi connectivity index (χ4v) is 3.36. The predicted molar refractivity (Wildman–Crippen MR) is 111 cm³/mol. The van der Waals surface area contributed by atoms with E-state index in [0.717, 1.165) is 51.5 Å². The minimum absolute atomic E-state index is 0.429. The zero-order valence-electron chi connectivity index (χ0n) is 17.0. The van der Waals surface area contributed by atoms with Crippen LogP contribution in [0.1, 0.15) is 38.4 Å². The average Bonchev–Trinajstić information content (AvgIpc) is 2.94. The van der Waals surface area contributed by atoms with E-state index in [1.807, 2.05) is 58.2 Å². The van der Waals surface area contributed by atoms with Gasteiger partial charge in [0.1, 0.15) is 12.4 Å². The lowest BCUT2D eigenvalue weighted by atomic mass is 10.1. The van der Waals surface area contributed by atoms with Crippen LogP contribution in [0.4, 0.5) is 5.69 Å². The van der Waals surface area contributed by atoms with Gasteiger partial charge in [-0.05, 0) is 63.1 Å². The standard InChI is InChI=1S/C22H26N4O2/c1-14-7-6-8-21(25(5)23)20(14)13-28-22-10-9-18(11-15(22)2)26-17(4)19(12-27)16(3)24-26/h6-12H,13,23H2,1-5H3. The number of benzene rings is 2. The number of aryl methyl sites for hydroxylation is 3. The summed E-state index contributed by atoms with van der Waals surface area (Å²) in [5.41, 5.74) is 7.22. The van der Waals surface area contributed by atoms with Crippen molar-refractivity contribution in [1.82, 2.24) is 9.78 Å². The summed E-state index contributed by atoms with van der Waals surface area (Å²) in [5, 5.41) is 6.09. The van der Waals surface area contributed by atoms with Crippen LogP contribution in [0.2, 0.25) is 0 Å². The first kappa shape index (κ1) is 19.6. The highest BCUT2D eigenvalue weighted by Gasteiger charge is 2.14. The molecule has 0 aliphatic heterocycles. The molecule has 0 amide bonds. The molecule has 1 aromatic heterocycles. The fourth-order valence-electron chi connectivity index (χ4n) is 3.36. The van der Waals surface area contributed by atoms with Gasteiger partial charge in [0.25, 0.3) is 0 Å². The number of carbonyl (C=O) groups excluding carboxylic acids is 1. The Morgan fingerprint density at radius 2 is 1.89 bits per heavy atom. The lowest BCUT2D eigenvalue weighted by molar-refractivity contribution is 0.112. The first-order chi connectivity index (χ1) is 13.3. The molecule has 0 bridgehead atoms. The van der Waals surface area contributed by atoms with Gasteiger partial charge in [-0.3, -0.25) is 4.79 Å². The van der Waals surface area contributed by atoms with E-state index >= 15 is 0 Å². The van der Waals surface area contributed by atoms with Crippen molar-refractivity contribution in [2.75, 3.05) is 12.1 Å². The molecule has 0 unspecified atom stereocenters. The molecule has 28 heavy (non-hydrogen) atoms. The van der Waals surface area contributed by atoms with Crippen molar-refractivity contribution in [3.63, 3.8) is 0 Å². The number of rotatable bonds is 6. The summed E-state index contributed by atoms with van der Waals surface area (Å²) in [4.78, 5) is 11.3. The molecule has 6 nitrogen and oxygen atoms in total. The molecule has 0 spiro atoms. The molecule has 0 saturated heterocycles. The van der Waals surface area contributed by atoms with Gasteiger partial charge in [-0.1, -0.05) is 12.1 Å². The molecule has 2 N–H and O–H groups in total. The summed E-state index contributed by atoms with van der Waals surface area (Å²) in [6.07, 6.45) is 0.854. The molecule has 0 aliphatic rings. The quantitative estimate of drug-likeness (QED) is 0.401. The number of hydrogen-bond acceptors (Lipinski definition) is 5. The van der Waals surface area contributed by atoms with E-state index in [1.165, 1.54) is 0 Å². The van der Waals surface area contributed by atoms with Crippen molar-refractivity contribution >= 4 is 12.0 Å². The molecular weight excluding hydrogens is 352 g/mol. The second kappa shape index (κ2) is 7.86. The maximum Gasteiger partial charge on any atom is 0.153 e. The monoisotopic (exact) mass is 378 g/mol. The third-order valence-electron chi connectivity index (χ3n) is 5.01. The fraction of sp³-hybridized carbons (Fsp3) is 0.273. The highest BCUT2D eigenvalue weighted by atomic mass is 16.5. The number of hydrazine groups is 1. The Morgan fingerprint density at radius 1 is 1.14 bits per heavy atom. The van der Waals surface area contributed by atoms with E-state index < -0.39 is 0 Å². The minimum atomic E-state index is 0.429. The first-order valence-corrected chi connectivity index (χ1v) is 9.15. The molecular formula is C22H26N4O2. The van der Waals surface area contributed by atoms with Crippen molar-refractivity contribution in [2.45, 2.75) is 34.3 Å². The highest BCUT2D eigenvalue weighted by Crippen LogP contribution is 2.27. The molecule has 146 valence electrons. The molecule has 6 heteroatoms. The molecule has 0 saturated carbocycles. The molecule has 3 aromatic rings. The number of aromatic nitrogens is 2. The van der Waals surface area contributed by atoms with Crippen molar-refractivity contribution in [1.29, 1.82) is 0 Å². The van der Waals surface area contributed by atoms with Crippen molar-refractivity contribution in [2.24, 2.45) is 5.84 Å². The summed E-state index contributed by atoms with van der Waals surface area (Å²) in [6, 6.07) is 11.9. The predicted octanol–water partition coefficient (Wildman–Crippen LogP) is 3.81. The van der Waals surface area contributed by atoms with Crippen LogP contribution in [-0.2, 0) is 6.61 Å². The van der Waals surface area contributed by atoms with E-state index in [-0.39, 0.29) is 0 Å². The Balaban J connectivity index is 1.86. The molecule has 0 fully saturated rings. The normalized spacial score (nSPS) is 10.8. The van der Waals surface area contributed by atoms with Crippen LogP contribution in [0.3, 0.4) is 0 Å². The molecule has 0 aliphatic carbocycles. The second-order valence-corrected chi connectivity index (χ2v) is 7.04. The highest BCUT2D eigenvalue weighted by molar-refractivity contribution is 5.78. The van der Waals surface area contributed by atoms with E-state index in [9.17, 15) is 4.79 Å².